The van der Waals surface area contributed by atoms with Gasteiger partial charge in [-0.2, -0.15) is 0 Å². The minimum Gasteiger partial charge on any atom is -0.480 e. The van der Waals surface area contributed by atoms with E-state index < -0.39 is 70.0 Å². The molecule has 0 fully saturated rings. The summed E-state index contributed by atoms with van der Waals surface area (Å²) in [6.45, 7) is -1.83. The van der Waals surface area contributed by atoms with E-state index in [2.05, 4.69) is 9.05 Å². The molecule has 222 valence electrons. The summed E-state index contributed by atoms with van der Waals surface area (Å²) in [5, 5.41) is 8.63. The fourth-order valence-electron chi connectivity index (χ4n) is 3.58. The van der Waals surface area contributed by atoms with Crippen molar-refractivity contribution in [2.45, 2.75) is 25.3 Å². The third kappa shape index (κ3) is 11.0. The van der Waals surface area contributed by atoms with Gasteiger partial charge in [0.2, 0.25) is 0 Å². The maximum atomic E-state index is 12.6. The van der Waals surface area contributed by atoms with Crippen LogP contribution in [0.3, 0.4) is 0 Å². The Morgan fingerprint density at radius 3 is 2.12 bits per heavy atom. The van der Waals surface area contributed by atoms with Gasteiger partial charge in [-0.25, -0.2) is 4.57 Å². The van der Waals surface area contributed by atoms with Crippen LogP contribution >= 0.6 is 7.82 Å². The summed E-state index contributed by atoms with van der Waals surface area (Å²) in [7, 11) is -4.62. The van der Waals surface area contributed by atoms with Gasteiger partial charge in [-0.1, -0.05) is 60.7 Å². The van der Waals surface area contributed by atoms with Gasteiger partial charge in [-0.15, -0.1) is 0 Å². The number of aliphatic carboxylic acids is 1. The number of carbonyl (C=O) groups is 4. The highest BCUT2D eigenvalue weighted by Gasteiger charge is 2.25. The van der Waals surface area contributed by atoms with Crippen molar-refractivity contribution in [1.82, 2.24) is 0 Å². The van der Waals surface area contributed by atoms with E-state index in [0.717, 1.165) is 11.1 Å². The van der Waals surface area contributed by atoms with E-state index in [1.165, 1.54) is 0 Å². The Morgan fingerprint density at radius 1 is 0.786 bits per heavy atom. The molecule has 3 aromatic rings. The van der Waals surface area contributed by atoms with Crippen LogP contribution in [0.25, 0.3) is 11.1 Å². The molecule has 0 saturated heterocycles. The van der Waals surface area contributed by atoms with Gasteiger partial charge in [-0.3, -0.25) is 28.2 Å². The Balaban J connectivity index is 1.42. The minimum atomic E-state index is -4.62. The number of carbonyl (C=O) groups excluding carboxylic acids is 3. The lowest BCUT2D eigenvalue weighted by Crippen LogP contribution is -2.34. The third-order valence-electron chi connectivity index (χ3n) is 5.62. The van der Waals surface area contributed by atoms with Gasteiger partial charge in [0.1, 0.15) is 36.4 Å². The summed E-state index contributed by atoms with van der Waals surface area (Å²) in [5.74, 6) is -2.45. The second-order valence-corrected chi connectivity index (χ2v) is 10.4. The van der Waals surface area contributed by atoms with E-state index in [0.29, 0.717) is 17.1 Å². The molecule has 0 aromatic heterocycles. The van der Waals surface area contributed by atoms with Crippen LogP contribution in [0.5, 0.6) is 11.5 Å². The number of phosphoric acid groups is 1. The molecule has 2 atom stereocenters. The van der Waals surface area contributed by atoms with Crippen molar-refractivity contribution in [1.29, 1.82) is 0 Å². The molecular weight excluding hydrogens is 569 g/mol. The topological polar surface area (TPSA) is 189 Å². The number of hydrogen-bond acceptors (Lipinski definition) is 10. The molecule has 0 bridgehead atoms. The van der Waals surface area contributed by atoms with Crippen molar-refractivity contribution in [2.24, 2.45) is 5.73 Å². The summed E-state index contributed by atoms with van der Waals surface area (Å²) >= 11 is 0. The van der Waals surface area contributed by atoms with Gasteiger partial charge in [0, 0.05) is 12.0 Å². The molecule has 0 saturated carbocycles. The lowest BCUT2D eigenvalue weighted by Gasteiger charge is -2.13. The van der Waals surface area contributed by atoms with Crippen LogP contribution in [0.1, 0.15) is 18.4 Å². The predicted molar refractivity (Wildman–Crippen MR) is 150 cm³/mol. The molecule has 4 N–H and O–H groups in total. The maximum absolute atomic E-state index is 12.6. The van der Waals surface area contributed by atoms with Gasteiger partial charge in [0.15, 0.2) is 5.78 Å². The molecular formula is C29H30NO11P. The van der Waals surface area contributed by atoms with Crippen LogP contribution in [0.4, 0.5) is 0 Å². The van der Waals surface area contributed by atoms with Gasteiger partial charge < -0.3 is 25.2 Å². The maximum Gasteiger partial charge on any atom is 0.472 e. The normalized spacial score (nSPS) is 13.0. The zero-order valence-electron chi connectivity index (χ0n) is 22.4. The standard InChI is InChI=1S/C29H30NO11P/c30-26(29(34)35)19-40-42(36,37)39-15-14-38-28(33)18-24(32)17-23(31)16-22-8-4-5-9-27(22)41-25-12-10-21(11-13-25)20-6-2-1-3-7-20/h1-13,26H,14-19,30H2,(H,34,35)(H,36,37)/t26-/m0/s1. The van der Waals surface area contributed by atoms with Crippen LogP contribution in [0, 0.1) is 0 Å². The number of Topliss-reactive ketones (excluding diaryl/α,β-unsaturated/α-hetero) is 2. The number of benzene rings is 3. The van der Waals surface area contributed by atoms with Crippen molar-refractivity contribution in [3.8, 4) is 22.6 Å². The SMILES string of the molecule is N[C@@H](COP(=O)(O)OCCOC(=O)CC(=O)CC(=O)Cc1ccccc1Oc1ccc(-c2ccccc2)cc1)C(=O)O. The molecule has 0 amide bonds. The number of rotatable bonds is 17. The number of phosphoric ester groups is 1. The van der Waals surface area contributed by atoms with Crippen molar-refractivity contribution in [3.63, 3.8) is 0 Å². The molecule has 0 aliphatic rings. The van der Waals surface area contributed by atoms with Crippen molar-refractivity contribution < 1.29 is 52.3 Å². The number of nitrogens with two attached hydrogens (primary N) is 1. The quantitative estimate of drug-likeness (QED) is 0.0884. The third-order valence-corrected chi connectivity index (χ3v) is 6.60. The molecule has 3 aromatic carbocycles. The summed E-state index contributed by atoms with van der Waals surface area (Å²) in [6.07, 6.45) is -1.28. The zero-order valence-corrected chi connectivity index (χ0v) is 23.3. The Bertz CT molecular complexity index is 1430. The fourth-order valence-corrected chi connectivity index (χ4v) is 4.31. The smallest absolute Gasteiger partial charge is 0.472 e. The van der Waals surface area contributed by atoms with Crippen LogP contribution < -0.4 is 10.5 Å². The number of carboxylic acids is 1. The first-order valence-corrected chi connectivity index (χ1v) is 14.2. The molecule has 13 heteroatoms. The predicted octanol–water partition coefficient (Wildman–Crippen LogP) is 3.70. The fraction of sp³-hybridized carbons (Fsp3) is 0.241. The lowest BCUT2D eigenvalue weighted by molar-refractivity contribution is -0.147. The number of para-hydroxylation sites is 1. The lowest BCUT2D eigenvalue weighted by atomic mass is 10.0. The summed E-state index contributed by atoms with van der Waals surface area (Å²) in [4.78, 5) is 56.8. The zero-order chi connectivity index (χ0) is 30.5. The van der Waals surface area contributed by atoms with Gasteiger partial charge in [-0.05, 0) is 29.3 Å². The van der Waals surface area contributed by atoms with E-state index in [4.69, 9.17) is 20.3 Å². The van der Waals surface area contributed by atoms with E-state index >= 15 is 0 Å². The molecule has 1 unspecified atom stereocenters. The molecule has 3 rings (SSSR count). The Morgan fingerprint density at radius 2 is 1.43 bits per heavy atom. The molecule has 12 nitrogen and oxygen atoms in total. The average molecular weight is 600 g/mol. The summed E-state index contributed by atoms with van der Waals surface area (Å²) < 4.78 is 31.4. The summed E-state index contributed by atoms with van der Waals surface area (Å²) in [6, 6.07) is 22.8. The van der Waals surface area contributed by atoms with E-state index in [1.54, 1.807) is 24.3 Å². The van der Waals surface area contributed by atoms with Gasteiger partial charge in [0.05, 0.1) is 19.6 Å². The number of ketones is 2. The van der Waals surface area contributed by atoms with Crippen molar-refractivity contribution in [3.05, 3.63) is 84.4 Å². The van der Waals surface area contributed by atoms with Crippen LogP contribution in [0.2, 0.25) is 0 Å². The van der Waals surface area contributed by atoms with Crippen LogP contribution in [-0.4, -0.2) is 59.4 Å². The van der Waals surface area contributed by atoms with Crippen molar-refractivity contribution >= 4 is 31.3 Å². The largest absolute Gasteiger partial charge is 0.480 e. The molecule has 0 spiro atoms. The first-order valence-electron chi connectivity index (χ1n) is 12.7. The van der Waals surface area contributed by atoms with Crippen molar-refractivity contribution in [2.75, 3.05) is 19.8 Å². The minimum absolute atomic E-state index is 0.0930. The van der Waals surface area contributed by atoms with Gasteiger partial charge >= 0.3 is 19.8 Å². The molecule has 0 heterocycles. The van der Waals surface area contributed by atoms with Crippen LogP contribution in [-0.2, 0) is 43.9 Å². The van der Waals surface area contributed by atoms with E-state index in [9.17, 15) is 28.6 Å². The molecule has 0 aliphatic heterocycles. The highest BCUT2D eigenvalue weighted by molar-refractivity contribution is 7.47. The van der Waals surface area contributed by atoms with E-state index in [1.807, 2.05) is 54.6 Å². The Labute approximate surface area is 241 Å². The molecule has 42 heavy (non-hydrogen) atoms. The van der Waals surface area contributed by atoms with E-state index in [-0.39, 0.29) is 6.42 Å². The molecule has 0 radical (unpaired) electrons. The Kier molecular flexibility index (Phi) is 12.1. The molecule has 0 aliphatic carbocycles. The number of esters is 1. The number of ether oxygens (including phenoxy) is 2. The highest BCUT2D eigenvalue weighted by atomic mass is 31.2. The number of hydrogen-bond donors (Lipinski definition) is 3. The first kappa shape index (κ1) is 32.3. The summed E-state index contributed by atoms with van der Waals surface area (Å²) in [5.41, 5.74) is 7.82. The second kappa shape index (κ2) is 15.7. The first-order chi connectivity index (χ1) is 20.0. The van der Waals surface area contributed by atoms with Crippen LogP contribution in [0.15, 0.2) is 78.9 Å². The monoisotopic (exact) mass is 599 g/mol. The second-order valence-electron chi connectivity index (χ2n) is 8.97. The Hall–Kier alpha value is -4.19. The average Bonchev–Trinajstić information content (AvgIpc) is 2.96. The highest BCUT2D eigenvalue weighted by Crippen LogP contribution is 2.42. The van der Waals surface area contributed by atoms with Gasteiger partial charge in [0.25, 0.3) is 0 Å². The number of carboxylic acid groups (broad SMARTS) is 1.